The predicted octanol–water partition coefficient (Wildman–Crippen LogP) is 2.47. The lowest BCUT2D eigenvalue weighted by Gasteiger charge is -2.33. The van der Waals surface area contributed by atoms with E-state index in [0.717, 1.165) is 22.8 Å². The number of anilines is 1. The molecule has 0 bridgehead atoms. The van der Waals surface area contributed by atoms with E-state index in [1.165, 1.54) is 12.8 Å². The van der Waals surface area contributed by atoms with Crippen LogP contribution in [0, 0.1) is 5.92 Å². The van der Waals surface area contributed by atoms with E-state index in [1.807, 2.05) is 5.38 Å². The molecule has 2 heterocycles. The summed E-state index contributed by atoms with van der Waals surface area (Å²) in [5.41, 5.74) is 5.92. The Balaban J connectivity index is 1.93. The molecule has 3 nitrogen and oxygen atoms in total. The van der Waals surface area contributed by atoms with E-state index in [-0.39, 0.29) is 0 Å². The fourth-order valence-corrected chi connectivity index (χ4v) is 3.31. The number of piperidine rings is 1. The van der Waals surface area contributed by atoms with E-state index < -0.39 is 0 Å². The van der Waals surface area contributed by atoms with Gasteiger partial charge in [-0.3, -0.25) is 0 Å². The first-order chi connectivity index (χ1) is 7.16. The fraction of sp³-hybridized carbons (Fsp3) is 0.700. The lowest BCUT2D eigenvalue weighted by Crippen LogP contribution is -2.39. The van der Waals surface area contributed by atoms with Crippen LogP contribution in [0.3, 0.4) is 0 Å². The average Bonchev–Trinajstić information content (AvgIpc) is 2.65. The lowest BCUT2D eigenvalue weighted by molar-refractivity contribution is 0.354. The molecule has 0 aliphatic carbocycles. The summed E-state index contributed by atoms with van der Waals surface area (Å²) < 4.78 is 0.941. The van der Waals surface area contributed by atoms with Crippen LogP contribution in [0.25, 0.3) is 0 Å². The van der Waals surface area contributed by atoms with Gasteiger partial charge in [0.15, 0.2) is 5.13 Å². The van der Waals surface area contributed by atoms with E-state index in [9.17, 15) is 0 Å². The Morgan fingerprint density at radius 1 is 1.60 bits per heavy atom. The minimum Gasteiger partial charge on any atom is -0.348 e. The first kappa shape index (κ1) is 11.4. The molecule has 1 unspecified atom stereocenters. The van der Waals surface area contributed by atoms with Crippen molar-refractivity contribution >= 4 is 32.4 Å². The van der Waals surface area contributed by atoms with Crippen molar-refractivity contribution in [2.24, 2.45) is 11.7 Å². The SMILES string of the molecule is CC(N)C1CCN(c2nc(Br)cs2)CC1. The molecule has 1 aliphatic heterocycles. The summed E-state index contributed by atoms with van der Waals surface area (Å²) in [6, 6.07) is 0.329. The van der Waals surface area contributed by atoms with Crippen LogP contribution in [0.1, 0.15) is 19.8 Å². The van der Waals surface area contributed by atoms with E-state index >= 15 is 0 Å². The summed E-state index contributed by atoms with van der Waals surface area (Å²) >= 11 is 5.09. The molecule has 5 heteroatoms. The highest BCUT2D eigenvalue weighted by atomic mass is 79.9. The lowest BCUT2D eigenvalue weighted by atomic mass is 9.91. The van der Waals surface area contributed by atoms with Crippen LogP contribution < -0.4 is 10.6 Å². The number of aromatic nitrogens is 1. The molecule has 0 amide bonds. The van der Waals surface area contributed by atoms with Gasteiger partial charge in [-0.05, 0) is 41.6 Å². The fourth-order valence-electron chi connectivity index (χ4n) is 2.01. The van der Waals surface area contributed by atoms with Crippen molar-refractivity contribution in [1.29, 1.82) is 0 Å². The summed E-state index contributed by atoms with van der Waals surface area (Å²) in [6.07, 6.45) is 2.38. The second-order valence-corrected chi connectivity index (χ2v) is 5.79. The molecule has 1 saturated heterocycles. The number of rotatable bonds is 2. The summed E-state index contributed by atoms with van der Waals surface area (Å²) in [5, 5.41) is 3.16. The maximum absolute atomic E-state index is 5.92. The van der Waals surface area contributed by atoms with Crippen LogP contribution in [-0.4, -0.2) is 24.1 Å². The van der Waals surface area contributed by atoms with Gasteiger partial charge in [-0.25, -0.2) is 4.98 Å². The maximum Gasteiger partial charge on any atom is 0.186 e. The molecule has 0 radical (unpaired) electrons. The van der Waals surface area contributed by atoms with Crippen LogP contribution in [0.2, 0.25) is 0 Å². The topological polar surface area (TPSA) is 42.1 Å². The maximum atomic E-state index is 5.92. The van der Waals surface area contributed by atoms with Gasteiger partial charge in [0.1, 0.15) is 4.60 Å². The highest BCUT2D eigenvalue weighted by Gasteiger charge is 2.23. The van der Waals surface area contributed by atoms with Gasteiger partial charge in [0.2, 0.25) is 0 Å². The van der Waals surface area contributed by atoms with Crippen molar-refractivity contribution < 1.29 is 0 Å². The van der Waals surface area contributed by atoms with Crippen molar-refractivity contribution in [3.05, 3.63) is 9.98 Å². The van der Waals surface area contributed by atoms with Crippen molar-refractivity contribution in [3.8, 4) is 0 Å². The standard InChI is InChI=1S/C10H16BrN3S/c1-7(12)8-2-4-14(5-3-8)10-13-9(11)6-15-10/h6-8H,2-5,12H2,1H3. The predicted molar refractivity (Wildman–Crippen MR) is 68.4 cm³/mol. The molecule has 2 N–H and O–H groups in total. The van der Waals surface area contributed by atoms with E-state index in [4.69, 9.17) is 5.73 Å². The van der Waals surface area contributed by atoms with E-state index in [2.05, 4.69) is 32.7 Å². The second kappa shape index (κ2) is 4.80. The number of halogens is 1. The van der Waals surface area contributed by atoms with Crippen LogP contribution in [0.5, 0.6) is 0 Å². The molecule has 1 aromatic rings. The molecule has 1 aromatic heterocycles. The van der Waals surface area contributed by atoms with Crippen LogP contribution in [0.15, 0.2) is 9.98 Å². The Morgan fingerprint density at radius 3 is 2.73 bits per heavy atom. The zero-order valence-corrected chi connectivity index (χ0v) is 11.2. The van der Waals surface area contributed by atoms with Crippen molar-refractivity contribution in [1.82, 2.24) is 4.98 Å². The van der Waals surface area contributed by atoms with Gasteiger partial charge in [-0.15, -0.1) is 11.3 Å². The molecule has 15 heavy (non-hydrogen) atoms. The monoisotopic (exact) mass is 289 g/mol. The van der Waals surface area contributed by atoms with Gasteiger partial charge in [0.25, 0.3) is 0 Å². The Kier molecular flexibility index (Phi) is 3.64. The Morgan fingerprint density at radius 2 is 2.27 bits per heavy atom. The summed E-state index contributed by atoms with van der Waals surface area (Å²) in [4.78, 5) is 6.79. The van der Waals surface area contributed by atoms with Gasteiger partial charge in [0, 0.05) is 24.5 Å². The molecule has 1 atom stereocenters. The smallest absolute Gasteiger partial charge is 0.186 e. The molecule has 1 aliphatic rings. The molecular weight excluding hydrogens is 274 g/mol. The number of hydrogen-bond acceptors (Lipinski definition) is 4. The molecule has 84 valence electrons. The van der Waals surface area contributed by atoms with Crippen molar-refractivity contribution in [2.75, 3.05) is 18.0 Å². The van der Waals surface area contributed by atoms with Gasteiger partial charge in [-0.2, -0.15) is 0 Å². The molecule has 2 rings (SSSR count). The van der Waals surface area contributed by atoms with Crippen LogP contribution in [0.4, 0.5) is 5.13 Å². The van der Waals surface area contributed by atoms with Crippen molar-refractivity contribution in [2.45, 2.75) is 25.8 Å². The molecule has 1 fully saturated rings. The number of nitrogens with zero attached hydrogens (tertiary/aromatic N) is 2. The zero-order valence-electron chi connectivity index (χ0n) is 8.82. The third kappa shape index (κ3) is 2.71. The first-order valence-electron chi connectivity index (χ1n) is 5.28. The van der Waals surface area contributed by atoms with Crippen LogP contribution in [-0.2, 0) is 0 Å². The minimum absolute atomic E-state index is 0.329. The van der Waals surface area contributed by atoms with Crippen molar-refractivity contribution in [3.63, 3.8) is 0 Å². The highest BCUT2D eigenvalue weighted by molar-refractivity contribution is 9.10. The summed E-state index contributed by atoms with van der Waals surface area (Å²) in [7, 11) is 0. The molecule has 0 spiro atoms. The number of thiazole rings is 1. The minimum atomic E-state index is 0.329. The van der Waals surface area contributed by atoms with Gasteiger partial charge in [-0.1, -0.05) is 0 Å². The van der Waals surface area contributed by atoms with Gasteiger partial charge < -0.3 is 10.6 Å². The zero-order chi connectivity index (χ0) is 10.8. The van der Waals surface area contributed by atoms with E-state index in [1.54, 1.807) is 11.3 Å². The summed E-state index contributed by atoms with van der Waals surface area (Å²) in [6.45, 7) is 4.29. The molecule has 0 saturated carbocycles. The molecular formula is C10H16BrN3S. The van der Waals surface area contributed by atoms with Gasteiger partial charge >= 0.3 is 0 Å². The largest absolute Gasteiger partial charge is 0.348 e. The van der Waals surface area contributed by atoms with Crippen LogP contribution >= 0.6 is 27.3 Å². The normalized spacial score (nSPS) is 20.6. The highest BCUT2D eigenvalue weighted by Crippen LogP contribution is 2.28. The van der Waals surface area contributed by atoms with Gasteiger partial charge in [0.05, 0.1) is 0 Å². The third-order valence-corrected chi connectivity index (χ3v) is 4.63. The number of nitrogens with two attached hydrogens (primary N) is 1. The van der Waals surface area contributed by atoms with E-state index in [0.29, 0.717) is 12.0 Å². The average molecular weight is 290 g/mol. The Bertz CT molecular complexity index is 318. The summed E-state index contributed by atoms with van der Waals surface area (Å²) in [5.74, 6) is 0.685. The quantitative estimate of drug-likeness (QED) is 0.910. The Labute approximate surface area is 103 Å². The Hall–Kier alpha value is -0.130. The second-order valence-electron chi connectivity index (χ2n) is 4.14. The molecule has 0 aromatic carbocycles. The number of hydrogen-bond donors (Lipinski definition) is 1. The third-order valence-electron chi connectivity index (χ3n) is 3.02. The first-order valence-corrected chi connectivity index (χ1v) is 6.95.